The van der Waals surface area contributed by atoms with Crippen molar-refractivity contribution in [2.75, 3.05) is 4.72 Å². The van der Waals surface area contributed by atoms with Crippen molar-refractivity contribution in [1.82, 2.24) is 0 Å². The van der Waals surface area contributed by atoms with Crippen molar-refractivity contribution in [2.45, 2.75) is 10.8 Å². The SMILES string of the molecule is O=S(=O)(Nc1cc(Br)ccc1Br)c1cc(CO)cs1. The van der Waals surface area contributed by atoms with Gasteiger partial charge in [-0.15, -0.1) is 11.3 Å². The van der Waals surface area contributed by atoms with E-state index in [0.29, 0.717) is 15.7 Å². The molecule has 0 unspecified atom stereocenters. The van der Waals surface area contributed by atoms with Crippen molar-refractivity contribution in [3.63, 3.8) is 0 Å². The van der Waals surface area contributed by atoms with Crippen LogP contribution in [-0.4, -0.2) is 13.5 Å². The maximum atomic E-state index is 12.2. The van der Waals surface area contributed by atoms with Crippen LogP contribution in [0.4, 0.5) is 5.69 Å². The molecule has 0 bridgehead atoms. The minimum Gasteiger partial charge on any atom is -0.392 e. The smallest absolute Gasteiger partial charge is 0.271 e. The summed E-state index contributed by atoms with van der Waals surface area (Å²) in [6, 6.07) is 6.67. The van der Waals surface area contributed by atoms with Gasteiger partial charge in [-0.1, -0.05) is 15.9 Å². The normalized spacial score (nSPS) is 11.5. The first-order valence-corrected chi connectivity index (χ1v) is 9.03. The highest BCUT2D eigenvalue weighted by atomic mass is 79.9. The van der Waals surface area contributed by atoms with Gasteiger partial charge >= 0.3 is 0 Å². The van der Waals surface area contributed by atoms with Crippen LogP contribution in [0.2, 0.25) is 0 Å². The summed E-state index contributed by atoms with van der Waals surface area (Å²) in [6.07, 6.45) is 0. The quantitative estimate of drug-likeness (QED) is 0.785. The third-order valence-electron chi connectivity index (χ3n) is 2.25. The Hall–Kier alpha value is -0.410. The van der Waals surface area contributed by atoms with E-state index in [4.69, 9.17) is 5.11 Å². The molecule has 1 heterocycles. The van der Waals surface area contributed by atoms with Gasteiger partial charge in [0.15, 0.2) is 0 Å². The molecule has 0 aliphatic heterocycles. The molecule has 1 aromatic heterocycles. The van der Waals surface area contributed by atoms with Gasteiger partial charge in [0.2, 0.25) is 0 Å². The number of nitrogens with one attached hydrogen (secondary N) is 1. The highest BCUT2D eigenvalue weighted by molar-refractivity contribution is 9.11. The molecule has 0 aliphatic carbocycles. The summed E-state index contributed by atoms with van der Waals surface area (Å²) in [4.78, 5) is 0. The number of aliphatic hydroxyl groups is 1. The van der Waals surface area contributed by atoms with Crippen LogP contribution in [0, 0.1) is 0 Å². The number of thiophene rings is 1. The monoisotopic (exact) mass is 425 g/mol. The average molecular weight is 427 g/mol. The minimum absolute atomic E-state index is 0.170. The Morgan fingerprint density at radius 1 is 1.26 bits per heavy atom. The zero-order valence-corrected chi connectivity index (χ0v) is 14.2. The number of rotatable bonds is 4. The summed E-state index contributed by atoms with van der Waals surface area (Å²) in [7, 11) is -3.64. The molecule has 0 spiro atoms. The van der Waals surface area contributed by atoms with Gasteiger partial charge in [-0.3, -0.25) is 4.72 Å². The van der Waals surface area contributed by atoms with Gasteiger partial charge in [0, 0.05) is 8.95 Å². The average Bonchev–Trinajstić information content (AvgIpc) is 2.83. The molecule has 0 saturated carbocycles. The molecule has 0 fully saturated rings. The second kappa shape index (κ2) is 5.92. The van der Waals surface area contributed by atoms with E-state index in [1.807, 2.05) is 0 Å². The van der Waals surface area contributed by atoms with Crippen molar-refractivity contribution in [1.29, 1.82) is 0 Å². The van der Waals surface area contributed by atoms with Crippen molar-refractivity contribution in [3.05, 3.63) is 44.2 Å². The van der Waals surface area contributed by atoms with E-state index >= 15 is 0 Å². The molecule has 2 N–H and O–H groups in total. The van der Waals surface area contributed by atoms with Crippen LogP contribution < -0.4 is 4.72 Å². The van der Waals surface area contributed by atoms with E-state index in [-0.39, 0.29) is 10.8 Å². The number of halogens is 2. The zero-order chi connectivity index (χ0) is 14.0. The molecule has 0 saturated heterocycles. The first-order valence-electron chi connectivity index (χ1n) is 5.08. The fourth-order valence-corrected chi connectivity index (χ4v) is 4.46. The summed E-state index contributed by atoms with van der Waals surface area (Å²) in [5.41, 5.74) is 1.03. The molecule has 8 heteroatoms. The minimum atomic E-state index is -3.64. The first-order chi connectivity index (χ1) is 8.92. The molecule has 102 valence electrons. The number of hydrogen-bond donors (Lipinski definition) is 2. The van der Waals surface area contributed by atoms with Gasteiger partial charge in [-0.2, -0.15) is 0 Å². The molecule has 1 aromatic carbocycles. The fourth-order valence-electron chi connectivity index (χ4n) is 1.35. The molecule has 2 rings (SSSR count). The molecule has 0 atom stereocenters. The van der Waals surface area contributed by atoms with E-state index < -0.39 is 10.0 Å². The van der Waals surface area contributed by atoms with Crippen molar-refractivity contribution in [2.24, 2.45) is 0 Å². The number of benzene rings is 1. The lowest BCUT2D eigenvalue weighted by molar-refractivity contribution is 0.282. The molecule has 0 aliphatic rings. The Balaban J connectivity index is 2.33. The third kappa shape index (κ3) is 3.57. The van der Waals surface area contributed by atoms with Gasteiger partial charge < -0.3 is 5.11 Å². The van der Waals surface area contributed by atoms with Crippen LogP contribution in [0.5, 0.6) is 0 Å². The number of anilines is 1. The zero-order valence-electron chi connectivity index (χ0n) is 9.43. The topological polar surface area (TPSA) is 66.4 Å². The molecule has 2 aromatic rings. The Bertz CT molecular complexity index is 698. The second-order valence-electron chi connectivity index (χ2n) is 3.66. The number of sulfonamides is 1. The second-order valence-corrected chi connectivity index (χ2v) is 8.25. The highest BCUT2D eigenvalue weighted by Crippen LogP contribution is 2.29. The van der Waals surface area contributed by atoms with Crippen LogP contribution >= 0.6 is 43.2 Å². The summed E-state index contributed by atoms with van der Waals surface area (Å²) < 4.78 is 28.5. The summed E-state index contributed by atoms with van der Waals surface area (Å²) >= 11 is 7.65. The predicted octanol–water partition coefficient (Wildman–Crippen LogP) is 3.57. The van der Waals surface area contributed by atoms with Crippen molar-refractivity contribution in [3.8, 4) is 0 Å². The lowest BCUT2D eigenvalue weighted by atomic mass is 10.3. The van der Waals surface area contributed by atoms with E-state index in [1.54, 1.807) is 23.6 Å². The molecule has 0 amide bonds. The number of hydrogen-bond acceptors (Lipinski definition) is 4. The third-order valence-corrected chi connectivity index (χ3v) is 6.29. The van der Waals surface area contributed by atoms with Crippen molar-refractivity contribution < 1.29 is 13.5 Å². The standard InChI is InChI=1S/C11H9Br2NO3S2/c12-8-1-2-9(13)10(4-8)14-19(16,17)11-3-7(5-15)6-18-11/h1-4,6,14-15H,5H2. The Morgan fingerprint density at radius 3 is 2.63 bits per heavy atom. The summed E-state index contributed by atoms with van der Waals surface area (Å²) in [5.74, 6) is 0. The van der Waals surface area contributed by atoms with Crippen molar-refractivity contribution >= 4 is 58.9 Å². The summed E-state index contributed by atoms with van der Waals surface area (Å²) in [5, 5.41) is 10.6. The van der Waals surface area contributed by atoms with Crippen LogP contribution in [0.1, 0.15) is 5.56 Å². The van der Waals surface area contributed by atoms with E-state index in [1.165, 1.54) is 6.07 Å². The van der Waals surface area contributed by atoms with E-state index in [9.17, 15) is 8.42 Å². The molecule has 0 radical (unpaired) electrons. The molecule has 4 nitrogen and oxygen atoms in total. The molecule has 19 heavy (non-hydrogen) atoms. The maximum absolute atomic E-state index is 12.2. The van der Waals surface area contributed by atoms with Gasteiger partial charge in [0.05, 0.1) is 12.3 Å². The predicted molar refractivity (Wildman–Crippen MR) is 82.9 cm³/mol. The maximum Gasteiger partial charge on any atom is 0.271 e. The van der Waals surface area contributed by atoms with Gasteiger partial charge in [-0.25, -0.2) is 8.42 Å². The van der Waals surface area contributed by atoms with E-state index in [0.717, 1.165) is 15.8 Å². The molecular weight excluding hydrogens is 418 g/mol. The number of aliphatic hydroxyl groups excluding tert-OH is 1. The van der Waals surface area contributed by atoms with Crippen LogP contribution in [0.25, 0.3) is 0 Å². The first kappa shape index (κ1) is 15.0. The van der Waals surface area contributed by atoms with Gasteiger partial charge in [-0.05, 0) is 51.1 Å². The van der Waals surface area contributed by atoms with Gasteiger partial charge in [0.1, 0.15) is 4.21 Å². The van der Waals surface area contributed by atoms with Crippen LogP contribution in [-0.2, 0) is 16.6 Å². The van der Waals surface area contributed by atoms with Gasteiger partial charge in [0.25, 0.3) is 10.0 Å². The van der Waals surface area contributed by atoms with E-state index in [2.05, 4.69) is 36.6 Å². The Labute approximate surface area is 131 Å². The van der Waals surface area contributed by atoms with Crippen LogP contribution in [0.3, 0.4) is 0 Å². The lowest BCUT2D eigenvalue weighted by Gasteiger charge is -2.08. The highest BCUT2D eigenvalue weighted by Gasteiger charge is 2.18. The van der Waals surface area contributed by atoms with Crippen LogP contribution in [0.15, 0.2) is 42.8 Å². The molecular formula is C11H9Br2NO3S2. The Kier molecular flexibility index (Phi) is 4.67. The Morgan fingerprint density at radius 2 is 2.00 bits per heavy atom. The lowest BCUT2D eigenvalue weighted by Crippen LogP contribution is -2.11. The fraction of sp³-hybridized carbons (Fsp3) is 0.0909. The largest absolute Gasteiger partial charge is 0.392 e. The summed E-state index contributed by atoms with van der Waals surface area (Å²) in [6.45, 7) is -0.174.